The number of aromatic nitrogens is 4. The Bertz CT molecular complexity index is 1590. The predicted molar refractivity (Wildman–Crippen MR) is 132 cm³/mol. The number of ether oxygens (including phenoxy) is 2. The molecule has 0 aliphatic carbocycles. The van der Waals surface area contributed by atoms with Crippen LogP contribution < -0.4 is 21.7 Å². The summed E-state index contributed by atoms with van der Waals surface area (Å²) in [5, 5.41) is 0. The molecule has 12 heteroatoms. The molecule has 0 aliphatic heterocycles. The minimum atomic E-state index is -0.746. The van der Waals surface area contributed by atoms with Crippen molar-refractivity contribution in [1.29, 1.82) is 0 Å². The van der Waals surface area contributed by atoms with Gasteiger partial charge in [0.05, 0.1) is 32.0 Å². The zero-order chi connectivity index (χ0) is 27.1. The number of H-pyrrole nitrogens is 1. The van der Waals surface area contributed by atoms with Crippen molar-refractivity contribution < 1.29 is 23.0 Å². The standard InChI is InChI=1S/C26H23F2N5O5/c1-37-23(34)12-13-32-25(35)31-24(33(26(32)36)16-18-4-2-17(14-27)3-5-18)30-20-7-9-21(10-8-20)38-22-11-6-19(28)15-29-22/h2-11,15H,12-14,16H2,1H3,(H,30,31,35). The highest BCUT2D eigenvalue weighted by Crippen LogP contribution is 2.22. The van der Waals surface area contributed by atoms with Gasteiger partial charge in [-0.2, -0.15) is 0 Å². The van der Waals surface area contributed by atoms with Crippen LogP contribution in [0.5, 0.6) is 11.6 Å². The van der Waals surface area contributed by atoms with Gasteiger partial charge in [-0.05, 0) is 41.5 Å². The van der Waals surface area contributed by atoms with Crippen LogP contribution in [0, 0.1) is 5.82 Å². The van der Waals surface area contributed by atoms with Gasteiger partial charge in [-0.25, -0.2) is 32.9 Å². The lowest BCUT2D eigenvalue weighted by Crippen LogP contribution is -2.50. The monoisotopic (exact) mass is 523 g/mol. The number of nitrogens with one attached hydrogen (secondary N) is 1. The number of methoxy groups -OCH3 is 1. The van der Waals surface area contributed by atoms with Gasteiger partial charge in [0.2, 0.25) is 11.5 Å². The smallest absolute Gasteiger partial charge is 0.335 e. The number of nitrogens with zero attached hydrogens (tertiary/aromatic N) is 4. The highest BCUT2D eigenvalue weighted by atomic mass is 19.1. The van der Waals surface area contributed by atoms with E-state index in [0.29, 0.717) is 22.6 Å². The lowest BCUT2D eigenvalue weighted by Gasteiger charge is -2.11. The molecule has 0 unspecified atom stereocenters. The fourth-order valence-electron chi connectivity index (χ4n) is 3.46. The van der Waals surface area contributed by atoms with E-state index in [2.05, 4.69) is 19.7 Å². The molecule has 4 rings (SSSR count). The number of benzene rings is 2. The summed E-state index contributed by atoms with van der Waals surface area (Å²) >= 11 is 0. The van der Waals surface area contributed by atoms with E-state index in [-0.39, 0.29) is 31.0 Å². The second kappa shape index (κ2) is 11.9. The lowest BCUT2D eigenvalue weighted by atomic mass is 10.1. The number of rotatable bonds is 9. The lowest BCUT2D eigenvalue weighted by molar-refractivity contribution is -0.140. The van der Waals surface area contributed by atoms with Gasteiger partial charge in [0, 0.05) is 12.6 Å². The third-order valence-corrected chi connectivity index (χ3v) is 5.46. The maximum Gasteiger partial charge on any atom is 0.335 e. The Morgan fingerprint density at radius 1 is 1.00 bits per heavy atom. The number of halogens is 2. The van der Waals surface area contributed by atoms with Crippen LogP contribution in [0.4, 0.5) is 14.5 Å². The van der Waals surface area contributed by atoms with Gasteiger partial charge < -0.3 is 9.47 Å². The predicted octanol–water partition coefficient (Wildman–Crippen LogP) is 2.98. The Labute approximate surface area is 214 Å². The molecule has 0 atom stereocenters. The number of hydrogen-bond acceptors (Lipinski definition) is 7. The largest absolute Gasteiger partial charge is 0.469 e. The third-order valence-electron chi connectivity index (χ3n) is 5.46. The van der Waals surface area contributed by atoms with E-state index >= 15 is 0 Å². The summed E-state index contributed by atoms with van der Waals surface area (Å²) < 4.78 is 38.3. The number of aromatic amines is 1. The van der Waals surface area contributed by atoms with Crippen LogP contribution in [0.2, 0.25) is 0 Å². The second-order valence-corrected chi connectivity index (χ2v) is 8.07. The molecule has 0 spiro atoms. The molecule has 10 nitrogen and oxygen atoms in total. The van der Waals surface area contributed by atoms with E-state index in [1.54, 1.807) is 48.5 Å². The number of hydrogen-bond donors (Lipinski definition) is 1. The molecule has 2 aromatic heterocycles. The number of carbonyl (C=O) groups excluding carboxylic acids is 1. The van der Waals surface area contributed by atoms with Gasteiger partial charge in [0.25, 0.3) is 0 Å². The first-order valence-corrected chi connectivity index (χ1v) is 11.4. The first-order valence-electron chi connectivity index (χ1n) is 11.4. The normalized spacial score (nSPS) is 11.4. The molecule has 0 bridgehead atoms. The molecule has 0 amide bonds. The van der Waals surface area contributed by atoms with Crippen molar-refractivity contribution in [1.82, 2.24) is 19.1 Å². The molecule has 0 saturated heterocycles. The quantitative estimate of drug-likeness (QED) is 0.337. The summed E-state index contributed by atoms with van der Waals surface area (Å²) in [6.45, 7) is -0.786. The first kappa shape index (κ1) is 26.2. The van der Waals surface area contributed by atoms with E-state index < -0.39 is 29.8 Å². The molecule has 2 heterocycles. The van der Waals surface area contributed by atoms with Gasteiger partial charge in [-0.1, -0.05) is 24.3 Å². The van der Waals surface area contributed by atoms with E-state index in [1.807, 2.05) is 0 Å². The van der Waals surface area contributed by atoms with Crippen LogP contribution in [-0.4, -0.2) is 32.2 Å². The summed E-state index contributed by atoms with van der Waals surface area (Å²) in [6.07, 6.45) is 0.859. The van der Waals surface area contributed by atoms with Crippen molar-refractivity contribution in [3.8, 4) is 11.6 Å². The molecule has 38 heavy (non-hydrogen) atoms. The Kier molecular flexibility index (Phi) is 8.21. The van der Waals surface area contributed by atoms with Crippen LogP contribution in [0.25, 0.3) is 0 Å². The average Bonchev–Trinajstić information content (AvgIpc) is 2.93. The zero-order valence-electron chi connectivity index (χ0n) is 20.3. The highest BCUT2D eigenvalue weighted by Gasteiger charge is 2.12. The average molecular weight is 523 g/mol. The molecule has 1 N–H and O–H groups in total. The minimum absolute atomic E-state index is 0.0245. The maximum atomic E-state index is 13.3. The van der Waals surface area contributed by atoms with Gasteiger partial charge >= 0.3 is 17.3 Å². The molecule has 0 fully saturated rings. The SMILES string of the molecule is COC(=O)CCn1c(=O)[nH]/c(=N\c2ccc(Oc3ccc(F)cn3)cc2)n(Cc2ccc(CF)cc2)c1=O. The van der Waals surface area contributed by atoms with Crippen molar-refractivity contribution >= 4 is 11.7 Å². The molecular formula is C26H23F2N5O5. The Balaban J connectivity index is 1.70. The number of alkyl halides is 1. The Morgan fingerprint density at radius 2 is 1.71 bits per heavy atom. The molecule has 4 aromatic rings. The fraction of sp³-hybridized carbons (Fsp3) is 0.192. The summed E-state index contributed by atoms with van der Waals surface area (Å²) in [6, 6.07) is 15.5. The van der Waals surface area contributed by atoms with Crippen molar-refractivity contribution in [2.45, 2.75) is 26.2 Å². The van der Waals surface area contributed by atoms with Crippen molar-refractivity contribution in [3.05, 3.63) is 110 Å². The molecule has 2 aromatic carbocycles. The van der Waals surface area contributed by atoms with Crippen LogP contribution in [0.15, 0.2) is 81.4 Å². The molecular weight excluding hydrogens is 500 g/mol. The topological polar surface area (TPSA) is 121 Å². The third kappa shape index (κ3) is 6.46. The van der Waals surface area contributed by atoms with Gasteiger partial charge in [-0.15, -0.1) is 0 Å². The number of carbonyl (C=O) groups is 1. The second-order valence-electron chi connectivity index (χ2n) is 8.07. The van der Waals surface area contributed by atoms with E-state index in [9.17, 15) is 23.2 Å². The molecule has 196 valence electrons. The summed E-state index contributed by atoms with van der Waals surface area (Å²) in [4.78, 5) is 48.4. The van der Waals surface area contributed by atoms with Crippen molar-refractivity contribution in [2.75, 3.05) is 7.11 Å². The summed E-state index contributed by atoms with van der Waals surface area (Å²) in [5.41, 5.74) is 0.0880. The first-order chi connectivity index (χ1) is 18.4. The van der Waals surface area contributed by atoms with Gasteiger partial charge in [-0.3, -0.25) is 14.3 Å². The van der Waals surface area contributed by atoms with Crippen LogP contribution in [0.3, 0.4) is 0 Å². The van der Waals surface area contributed by atoms with Crippen LogP contribution >= 0.6 is 0 Å². The highest BCUT2D eigenvalue weighted by molar-refractivity contribution is 5.68. The van der Waals surface area contributed by atoms with Crippen LogP contribution in [-0.2, 0) is 29.3 Å². The number of pyridine rings is 1. The summed E-state index contributed by atoms with van der Waals surface area (Å²) in [7, 11) is 1.21. The summed E-state index contributed by atoms with van der Waals surface area (Å²) in [5.74, 6) is -0.445. The Morgan fingerprint density at radius 3 is 2.34 bits per heavy atom. The fourth-order valence-corrected chi connectivity index (χ4v) is 3.46. The van der Waals surface area contributed by atoms with Crippen LogP contribution in [0.1, 0.15) is 17.5 Å². The van der Waals surface area contributed by atoms with Gasteiger partial charge in [0.15, 0.2) is 0 Å². The van der Waals surface area contributed by atoms with Gasteiger partial charge in [0.1, 0.15) is 18.2 Å². The van der Waals surface area contributed by atoms with Crippen molar-refractivity contribution in [3.63, 3.8) is 0 Å². The molecule has 0 aliphatic rings. The van der Waals surface area contributed by atoms with E-state index in [0.717, 1.165) is 10.8 Å². The minimum Gasteiger partial charge on any atom is -0.469 e. The maximum absolute atomic E-state index is 13.3. The van der Waals surface area contributed by atoms with E-state index in [1.165, 1.54) is 23.8 Å². The van der Waals surface area contributed by atoms with Crippen molar-refractivity contribution in [2.24, 2.45) is 4.99 Å². The Hall–Kier alpha value is -4.87. The molecule has 0 saturated carbocycles. The molecule has 0 radical (unpaired) electrons. The zero-order valence-corrected chi connectivity index (χ0v) is 20.3. The van der Waals surface area contributed by atoms with E-state index in [4.69, 9.17) is 4.74 Å². The number of esters is 1.